The Labute approximate surface area is 159 Å². The highest BCUT2D eigenvalue weighted by atomic mass is 19.4. The molecule has 0 radical (unpaired) electrons. The summed E-state index contributed by atoms with van der Waals surface area (Å²) >= 11 is 0. The molecule has 2 aromatic rings. The number of ether oxygens (including phenoxy) is 2. The van der Waals surface area contributed by atoms with Crippen LogP contribution < -0.4 is 20.5 Å². The van der Waals surface area contributed by atoms with Crippen molar-refractivity contribution < 1.29 is 45.8 Å². The van der Waals surface area contributed by atoms with Gasteiger partial charge in [0.15, 0.2) is 11.5 Å². The smallest absolute Gasteiger partial charge is 0.411 e. The Morgan fingerprint density at radius 3 is 1.93 bits per heavy atom. The number of nitrogens with one attached hydrogen (secondary N) is 1. The lowest BCUT2D eigenvalue weighted by molar-refractivity contribution is -0.275. The van der Waals surface area contributed by atoms with Gasteiger partial charge in [-0.3, -0.25) is 4.79 Å². The average Bonchev–Trinajstić information content (AvgIpc) is 2.57. The molecule has 0 aliphatic heterocycles. The summed E-state index contributed by atoms with van der Waals surface area (Å²) in [5.74, 6) is -1.81. The average molecular weight is 425 g/mol. The van der Waals surface area contributed by atoms with Crippen molar-refractivity contribution in [2.24, 2.45) is 5.16 Å². The van der Waals surface area contributed by atoms with Crippen molar-refractivity contribution in [1.29, 1.82) is 0 Å². The number of para-hydroxylation sites is 4. The number of alkyl halides is 6. The van der Waals surface area contributed by atoms with Gasteiger partial charge in [0, 0.05) is 0 Å². The number of halogens is 6. The molecule has 0 aliphatic carbocycles. The lowest BCUT2D eigenvalue weighted by atomic mass is 10.3. The molecule has 1 amide bonds. The second-order valence-electron chi connectivity index (χ2n) is 4.86. The maximum absolute atomic E-state index is 12.0. The van der Waals surface area contributed by atoms with Crippen LogP contribution in [0.1, 0.15) is 0 Å². The number of rotatable bonds is 4. The number of nitrogens with zero attached hydrogens (tertiary/aromatic N) is 1. The van der Waals surface area contributed by atoms with Gasteiger partial charge in [0.05, 0.1) is 11.4 Å². The van der Waals surface area contributed by atoms with Crippen molar-refractivity contribution in [3.05, 3.63) is 48.5 Å². The minimum atomic E-state index is -4.86. The molecule has 13 heteroatoms. The van der Waals surface area contributed by atoms with Crippen LogP contribution in [0, 0.1) is 0 Å². The summed E-state index contributed by atoms with van der Waals surface area (Å²) in [6, 6.07) is 10.4. The van der Waals surface area contributed by atoms with Gasteiger partial charge in [-0.25, -0.2) is 0 Å². The molecule has 158 valence electrons. The molecule has 2 rings (SSSR count). The number of carbonyl (C=O) groups excluding carboxylic acids is 1. The van der Waals surface area contributed by atoms with Crippen molar-refractivity contribution in [3.63, 3.8) is 0 Å². The van der Waals surface area contributed by atoms with Crippen LogP contribution in [-0.4, -0.2) is 30.1 Å². The number of anilines is 2. The molecule has 29 heavy (non-hydrogen) atoms. The molecule has 0 spiro atoms. The van der Waals surface area contributed by atoms with E-state index in [2.05, 4.69) is 19.9 Å². The van der Waals surface area contributed by atoms with E-state index in [-0.39, 0.29) is 17.1 Å². The van der Waals surface area contributed by atoms with Gasteiger partial charge in [0.2, 0.25) is 0 Å². The van der Waals surface area contributed by atoms with Gasteiger partial charge in [-0.1, -0.05) is 29.4 Å². The summed E-state index contributed by atoms with van der Waals surface area (Å²) in [6.45, 7) is 0. The Balaban J connectivity index is 0.000000308. The van der Waals surface area contributed by atoms with Crippen molar-refractivity contribution >= 4 is 23.5 Å². The molecule has 0 aliphatic rings. The summed E-state index contributed by atoms with van der Waals surface area (Å²) < 4.78 is 78.2. The van der Waals surface area contributed by atoms with Crippen molar-refractivity contribution in [3.8, 4) is 11.5 Å². The quantitative estimate of drug-likeness (QED) is 0.224. The van der Waals surface area contributed by atoms with Crippen LogP contribution >= 0.6 is 0 Å². The van der Waals surface area contributed by atoms with Gasteiger partial charge in [0.1, 0.15) is 6.21 Å². The molecular formula is C16H13F6N3O4. The highest BCUT2D eigenvalue weighted by molar-refractivity contribution is 6.31. The zero-order valence-corrected chi connectivity index (χ0v) is 14.2. The van der Waals surface area contributed by atoms with E-state index in [1.165, 1.54) is 36.4 Å². The molecule has 0 fully saturated rings. The van der Waals surface area contributed by atoms with Crippen LogP contribution in [0.2, 0.25) is 0 Å². The summed E-state index contributed by atoms with van der Waals surface area (Å²) in [7, 11) is 0. The summed E-state index contributed by atoms with van der Waals surface area (Å²) in [5, 5.41) is 12.6. The van der Waals surface area contributed by atoms with Crippen molar-refractivity contribution in [2.45, 2.75) is 12.7 Å². The largest absolute Gasteiger partial charge is 0.573 e. The molecule has 0 unspecified atom stereocenters. The van der Waals surface area contributed by atoms with Gasteiger partial charge in [-0.2, -0.15) is 0 Å². The van der Waals surface area contributed by atoms with E-state index >= 15 is 0 Å². The topological polar surface area (TPSA) is 106 Å². The van der Waals surface area contributed by atoms with E-state index in [9.17, 15) is 31.1 Å². The minimum absolute atomic E-state index is 0.0326. The first kappa shape index (κ1) is 23.4. The molecule has 2 aromatic carbocycles. The fourth-order valence-corrected chi connectivity index (χ4v) is 1.70. The standard InChI is InChI=1S/C9H7F3N2O3.C7H6F3NO/c10-9(11,12)17-7-4-2-1-3-6(7)14-8(15)5-13-16;8-7(9,10)12-6-4-2-1-3-5(6)11/h1-5,16H,(H,14,15);1-4H,11H2/b13-5-;. The number of nitrogen functional groups attached to an aromatic ring is 1. The predicted molar refractivity (Wildman–Crippen MR) is 89.6 cm³/mol. The SMILES string of the molecule is Nc1ccccc1OC(F)(F)F.O=C(/C=N\O)Nc1ccccc1OC(F)(F)F. The van der Waals surface area contributed by atoms with E-state index < -0.39 is 24.4 Å². The monoisotopic (exact) mass is 425 g/mol. The number of nitrogens with two attached hydrogens (primary N) is 1. The van der Waals surface area contributed by atoms with Crippen molar-refractivity contribution in [1.82, 2.24) is 0 Å². The van der Waals surface area contributed by atoms with Gasteiger partial charge in [-0.05, 0) is 24.3 Å². The number of oxime groups is 1. The Hall–Kier alpha value is -3.64. The highest BCUT2D eigenvalue weighted by Crippen LogP contribution is 2.30. The van der Waals surface area contributed by atoms with Gasteiger partial charge >= 0.3 is 12.7 Å². The molecule has 0 saturated heterocycles. The molecule has 0 atom stereocenters. The van der Waals surface area contributed by atoms with E-state index in [0.29, 0.717) is 6.21 Å². The maximum atomic E-state index is 12.0. The third kappa shape index (κ3) is 9.74. The lowest BCUT2D eigenvalue weighted by Crippen LogP contribution is -2.19. The maximum Gasteiger partial charge on any atom is 0.573 e. The summed E-state index contributed by atoms with van der Waals surface area (Å²) in [6.07, 6.45) is -9.04. The van der Waals surface area contributed by atoms with Crippen LogP contribution in [0.15, 0.2) is 53.7 Å². The zero-order chi connectivity index (χ0) is 22.1. The van der Waals surface area contributed by atoms with Gasteiger partial charge < -0.3 is 25.7 Å². The third-order valence-electron chi connectivity index (χ3n) is 2.69. The predicted octanol–water partition coefficient (Wildman–Crippen LogP) is 4.15. The summed E-state index contributed by atoms with van der Waals surface area (Å²) in [5.41, 5.74) is 4.98. The second-order valence-corrected chi connectivity index (χ2v) is 4.86. The van der Waals surface area contributed by atoms with E-state index in [1.54, 1.807) is 0 Å². The molecule has 0 heterocycles. The first-order valence-electron chi connectivity index (χ1n) is 7.34. The fraction of sp³-hybridized carbons (Fsp3) is 0.125. The zero-order valence-electron chi connectivity index (χ0n) is 14.2. The molecule has 0 bridgehead atoms. The Bertz CT molecular complexity index is 840. The van der Waals surface area contributed by atoms with Crippen LogP contribution in [0.3, 0.4) is 0 Å². The molecule has 4 N–H and O–H groups in total. The van der Waals surface area contributed by atoms with Crippen LogP contribution in [0.5, 0.6) is 11.5 Å². The van der Waals surface area contributed by atoms with E-state index in [4.69, 9.17) is 10.9 Å². The third-order valence-corrected chi connectivity index (χ3v) is 2.69. The van der Waals surface area contributed by atoms with Gasteiger partial charge in [-0.15, -0.1) is 26.3 Å². The second kappa shape index (κ2) is 10.1. The number of benzene rings is 2. The number of hydrogen-bond donors (Lipinski definition) is 3. The van der Waals surface area contributed by atoms with E-state index in [1.807, 2.05) is 0 Å². The molecule has 0 aromatic heterocycles. The molecular weight excluding hydrogens is 412 g/mol. The highest BCUT2D eigenvalue weighted by Gasteiger charge is 2.32. The van der Waals surface area contributed by atoms with Crippen LogP contribution in [-0.2, 0) is 4.79 Å². The first-order valence-corrected chi connectivity index (χ1v) is 7.34. The molecule has 0 saturated carbocycles. The Morgan fingerprint density at radius 1 is 0.931 bits per heavy atom. The van der Waals surface area contributed by atoms with E-state index in [0.717, 1.165) is 12.1 Å². The lowest BCUT2D eigenvalue weighted by Gasteiger charge is -2.12. The Kier molecular flexibility index (Phi) is 8.11. The number of amides is 1. The van der Waals surface area contributed by atoms with Crippen molar-refractivity contribution in [2.75, 3.05) is 11.1 Å². The van der Waals surface area contributed by atoms with Crippen LogP contribution in [0.4, 0.5) is 37.7 Å². The minimum Gasteiger partial charge on any atom is -0.411 e. The number of hydrogen-bond acceptors (Lipinski definition) is 6. The Morgan fingerprint density at radius 2 is 1.41 bits per heavy atom. The summed E-state index contributed by atoms with van der Waals surface area (Å²) in [4.78, 5) is 11.0. The number of carbonyl (C=O) groups is 1. The first-order chi connectivity index (χ1) is 13.4. The normalized spacial score (nSPS) is 11.4. The molecule has 7 nitrogen and oxygen atoms in total. The fourth-order valence-electron chi connectivity index (χ4n) is 1.70. The van der Waals surface area contributed by atoms with Gasteiger partial charge in [0.25, 0.3) is 5.91 Å². The van der Waals surface area contributed by atoms with Crippen LogP contribution in [0.25, 0.3) is 0 Å².